The van der Waals surface area contributed by atoms with E-state index in [1.807, 2.05) is 6.07 Å². The molecule has 0 aliphatic heterocycles. The van der Waals surface area contributed by atoms with E-state index in [9.17, 15) is 29.6 Å². The summed E-state index contributed by atoms with van der Waals surface area (Å²) in [5.74, 6) is -2.46. The molecule has 0 saturated carbocycles. The van der Waals surface area contributed by atoms with Crippen LogP contribution in [0.1, 0.15) is 18.1 Å². The SMILES string of the molecule is CC(=O)N[C@@H](Cc1ccccc1)C(=O)N[C@@H](Cc1ccccc1[N+](=O)[O-])C(=O)O. The molecule has 9 nitrogen and oxygen atoms in total. The number of carboxylic acids is 1. The molecule has 0 fully saturated rings. The summed E-state index contributed by atoms with van der Waals surface area (Å²) in [6.45, 7) is 1.26. The van der Waals surface area contributed by atoms with E-state index in [2.05, 4.69) is 10.6 Å². The number of carbonyl (C=O) groups is 3. The lowest BCUT2D eigenvalue weighted by atomic mass is 10.0. The average Bonchev–Trinajstić information content (AvgIpc) is 2.67. The van der Waals surface area contributed by atoms with Gasteiger partial charge in [0, 0.05) is 31.4 Å². The van der Waals surface area contributed by atoms with Gasteiger partial charge in [-0.05, 0) is 5.56 Å². The predicted molar refractivity (Wildman–Crippen MR) is 104 cm³/mol. The number of nitro groups is 1. The minimum Gasteiger partial charge on any atom is -0.480 e. The van der Waals surface area contributed by atoms with Crippen LogP contribution in [0.5, 0.6) is 0 Å². The van der Waals surface area contributed by atoms with Crippen molar-refractivity contribution in [3.63, 3.8) is 0 Å². The second kappa shape index (κ2) is 9.98. The third kappa shape index (κ3) is 6.42. The van der Waals surface area contributed by atoms with Gasteiger partial charge in [-0.1, -0.05) is 48.5 Å². The quantitative estimate of drug-likeness (QED) is 0.431. The Morgan fingerprint density at radius 3 is 2.17 bits per heavy atom. The Kier molecular flexibility index (Phi) is 7.41. The lowest BCUT2D eigenvalue weighted by Crippen LogP contribution is -2.52. The highest BCUT2D eigenvalue weighted by Crippen LogP contribution is 2.19. The second-order valence-corrected chi connectivity index (χ2v) is 6.43. The van der Waals surface area contributed by atoms with Crippen molar-refractivity contribution in [2.45, 2.75) is 31.8 Å². The maximum atomic E-state index is 12.7. The Balaban J connectivity index is 2.18. The lowest BCUT2D eigenvalue weighted by Gasteiger charge is -2.21. The maximum absolute atomic E-state index is 12.7. The Labute approximate surface area is 166 Å². The van der Waals surface area contributed by atoms with Crippen LogP contribution in [-0.4, -0.2) is 39.9 Å². The first-order chi connectivity index (χ1) is 13.8. The van der Waals surface area contributed by atoms with Gasteiger partial charge in [0.05, 0.1) is 4.92 Å². The topological polar surface area (TPSA) is 139 Å². The molecule has 9 heteroatoms. The number of nitrogens with one attached hydrogen (secondary N) is 2. The van der Waals surface area contributed by atoms with Crippen molar-refractivity contribution in [3.8, 4) is 0 Å². The monoisotopic (exact) mass is 399 g/mol. The molecule has 2 aromatic carbocycles. The number of carboxylic acid groups (broad SMARTS) is 1. The molecule has 0 spiro atoms. The Morgan fingerprint density at radius 2 is 1.59 bits per heavy atom. The summed E-state index contributed by atoms with van der Waals surface area (Å²) in [7, 11) is 0. The summed E-state index contributed by atoms with van der Waals surface area (Å²) in [4.78, 5) is 46.4. The van der Waals surface area contributed by atoms with E-state index in [-0.39, 0.29) is 24.1 Å². The summed E-state index contributed by atoms with van der Waals surface area (Å²) in [5, 5.41) is 25.5. The van der Waals surface area contributed by atoms with Crippen LogP contribution in [0, 0.1) is 10.1 Å². The highest BCUT2D eigenvalue weighted by atomic mass is 16.6. The first-order valence-electron chi connectivity index (χ1n) is 8.84. The van der Waals surface area contributed by atoms with Crippen LogP contribution >= 0.6 is 0 Å². The van der Waals surface area contributed by atoms with Crippen LogP contribution in [0.25, 0.3) is 0 Å². The summed E-state index contributed by atoms with van der Waals surface area (Å²) in [6, 6.07) is 12.3. The van der Waals surface area contributed by atoms with Gasteiger partial charge in [0.25, 0.3) is 5.69 Å². The molecular formula is C20H21N3O6. The number of para-hydroxylation sites is 1. The van der Waals surface area contributed by atoms with Gasteiger partial charge in [0.1, 0.15) is 12.1 Å². The van der Waals surface area contributed by atoms with Crippen molar-refractivity contribution in [1.29, 1.82) is 0 Å². The zero-order valence-electron chi connectivity index (χ0n) is 15.7. The molecule has 2 aromatic rings. The second-order valence-electron chi connectivity index (χ2n) is 6.43. The average molecular weight is 399 g/mol. The summed E-state index contributed by atoms with van der Waals surface area (Å²) < 4.78 is 0. The van der Waals surface area contributed by atoms with Gasteiger partial charge in [0.15, 0.2) is 0 Å². The first kappa shape index (κ1) is 21.5. The van der Waals surface area contributed by atoms with Gasteiger partial charge < -0.3 is 15.7 Å². The summed E-state index contributed by atoms with van der Waals surface area (Å²) in [6.07, 6.45) is -0.0968. The van der Waals surface area contributed by atoms with Crippen LogP contribution in [0.15, 0.2) is 54.6 Å². The molecule has 0 bridgehead atoms. The predicted octanol–water partition coefficient (Wildman–Crippen LogP) is 1.45. The molecule has 0 unspecified atom stereocenters. The van der Waals surface area contributed by atoms with Crippen LogP contribution in [0.3, 0.4) is 0 Å². The molecule has 0 aromatic heterocycles. The normalized spacial score (nSPS) is 12.4. The van der Waals surface area contributed by atoms with E-state index >= 15 is 0 Å². The Morgan fingerprint density at radius 1 is 0.966 bits per heavy atom. The Hall–Kier alpha value is -3.75. The van der Waals surface area contributed by atoms with E-state index in [1.54, 1.807) is 30.3 Å². The number of benzene rings is 2. The molecule has 29 heavy (non-hydrogen) atoms. The fraction of sp³-hybridized carbons (Fsp3) is 0.250. The first-order valence-corrected chi connectivity index (χ1v) is 8.84. The van der Waals surface area contributed by atoms with Crippen LogP contribution < -0.4 is 10.6 Å². The van der Waals surface area contributed by atoms with Gasteiger partial charge >= 0.3 is 5.97 Å². The minimum absolute atomic E-state index is 0.171. The molecule has 2 amide bonds. The van der Waals surface area contributed by atoms with Gasteiger partial charge in [-0.3, -0.25) is 19.7 Å². The number of hydrogen-bond acceptors (Lipinski definition) is 5. The largest absolute Gasteiger partial charge is 0.480 e. The number of carbonyl (C=O) groups excluding carboxylic acids is 2. The molecule has 3 N–H and O–H groups in total. The van der Waals surface area contributed by atoms with Crippen molar-refractivity contribution in [3.05, 3.63) is 75.8 Å². The third-order valence-electron chi connectivity index (χ3n) is 4.20. The van der Waals surface area contributed by atoms with Crippen molar-refractivity contribution >= 4 is 23.5 Å². The molecule has 2 rings (SSSR count). The molecular weight excluding hydrogens is 378 g/mol. The van der Waals surface area contributed by atoms with E-state index in [4.69, 9.17) is 0 Å². The lowest BCUT2D eigenvalue weighted by molar-refractivity contribution is -0.385. The zero-order chi connectivity index (χ0) is 21.4. The van der Waals surface area contributed by atoms with Gasteiger partial charge in [-0.15, -0.1) is 0 Å². The fourth-order valence-corrected chi connectivity index (χ4v) is 2.86. The van der Waals surface area contributed by atoms with Crippen molar-refractivity contribution in [2.75, 3.05) is 0 Å². The van der Waals surface area contributed by atoms with E-state index in [1.165, 1.54) is 25.1 Å². The molecule has 0 heterocycles. The Bertz CT molecular complexity index is 900. The molecule has 0 saturated heterocycles. The highest BCUT2D eigenvalue weighted by molar-refractivity contribution is 5.90. The molecule has 0 radical (unpaired) electrons. The van der Waals surface area contributed by atoms with E-state index < -0.39 is 34.8 Å². The number of amides is 2. The van der Waals surface area contributed by atoms with Crippen LogP contribution in [0.4, 0.5) is 5.69 Å². The highest BCUT2D eigenvalue weighted by Gasteiger charge is 2.28. The minimum atomic E-state index is -1.39. The van der Waals surface area contributed by atoms with Crippen molar-refractivity contribution in [2.24, 2.45) is 0 Å². The van der Waals surface area contributed by atoms with E-state index in [0.717, 1.165) is 5.56 Å². The molecule has 2 atom stereocenters. The van der Waals surface area contributed by atoms with Crippen LogP contribution in [-0.2, 0) is 27.2 Å². The van der Waals surface area contributed by atoms with Crippen molar-refractivity contribution in [1.82, 2.24) is 10.6 Å². The van der Waals surface area contributed by atoms with Crippen molar-refractivity contribution < 1.29 is 24.4 Å². The molecule has 0 aliphatic rings. The number of aliphatic carboxylic acids is 1. The maximum Gasteiger partial charge on any atom is 0.326 e. The fourth-order valence-electron chi connectivity index (χ4n) is 2.86. The number of hydrogen-bond donors (Lipinski definition) is 3. The third-order valence-corrected chi connectivity index (χ3v) is 4.20. The number of nitrogens with zero attached hydrogens (tertiary/aromatic N) is 1. The smallest absolute Gasteiger partial charge is 0.326 e. The molecule has 152 valence electrons. The molecule has 0 aliphatic carbocycles. The summed E-state index contributed by atoms with van der Waals surface area (Å²) in [5.41, 5.74) is 0.743. The summed E-state index contributed by atoms with van der Waals surface area (Å²) >= 11 is 0. The number of rotatable bonds is 9. The van der Waals surface area contributed by atoms with Crippen LogP contribution in [0.2, 0.25) is 0 Å². The van der Waals surface area contributed by atoms with Gasteiger partial charge in [-0.2, -0.15) is 0 Å². The van der Waals surface area contributed by atoms with Gasteiger partial charge in [0.2, 0.25) is 11.8 Å². The number of nitro benzene ring substituents is 1. The standard InChI is InChI=1S/C20H21N3O6/c1-13(24)21-16(11-14-7-3-2-4-8-14)19(25)22-17(20(26)27)12-15-9-5-6-10-18(15)23(28)29/h2-10,16-17H,11-12H2,1H3,(H,21,24)(H,22,25)(H,26,27)/t16-,17-/m0/s1. The van der Waals surface area contributed by atoms with E-state index in [0.29, 0.717) is 0 Å². The van der Waals surface area contributed by atoms with Gasteiger partial charge in [-0.25, -0.2) is 4.79 Å². The zero-order valence-corrected chi connectivity index (χ0v) is 15.7.